The van der Waals surface area contributed by atoms with Gasteiger partial charge in [-0.2, -0.15) is 5.26 Å². The molecule has 0 bridgehead atoms. The van der Waals surface area contributed by atoms with E-state index in [0.717, 1.165) is 43.4 Å². The van der Waals surface area contributed by atoms with E-state index >= 15 is 0 Å². The molecule has 2 aliphatic carbocycles. The second-order valence-corrected chi connectivity index (χ2v) is 10.8. The second-order valence-electron chi connectivity index (χ2n) is 10.8. The van der Waals surface area contributed by atoms with Gasteiger partial charge in [0.15, 0.2) is 0 Å². The zero-order valence-electron chi connectivity index (χ0n) is 22.1. The Morgan fingerprint density at radius 3 is 2.29 bits per heavy atom. The molecule has 3 aromatic carbocycles. The van der Waals surface area contributed by atoms with Crippen LogP contribution in [0.5, 0.6) is 0 Å². The molecule has 3 heteroatoms. The van der Waals surface area contributed by atoms with E-state index in [9.17, 15) is 4.79 Å². The Morgan fingerprint density at radius 1 is 0.947 bits per heavy atom. The fourth-order valence-electron chi connectivity index (χ4n) is 6.09. The zero-order chi connectivity index (χ0) is 26.3. The number of carbonyl (C=O) groups excluding carboxylic acids is 1. The highest BCUT2D eigenvalue weighted by molar-refractivity contribution is 5.86. The van der Waals surface area contributed by atoms with Crippen molar-refractivity contribution in [2.75, 3.05) is 5.32 Å². The van der Waals surface area contributed by atoms with Gasteiger partial charge in [0.05, 0.1) is 11.6 Å². The summed E-state index contributed by atoms with van der Waals surface area (Å²) in [7, 11) is 0. The molecule has 0 aliphatic heterocycles. The van der Waals surface area contributed by atoms with Crippen LogP contribution in [-0.4, -0.2) is 11.8 Å². The summed E-state index contributed by atoms with van der Waals surface area (Å²) in [6, 6.07) is 29.4. The first kappa shape index (κ1) is 25.7. The van der Waals surface area contributed by atoms with E-state index in [2.05, 4.69) is 72.9 Å². The van der Waals surface area contributed by atoms with Gasteiger partial charge in [-0.1, -0.05) is 79.7 Å². The summed E-state index contributed by atoms with van der Waals surface area (Å²) in [5.74, 6) is 1.09. The molecular weight excluding hydrogens is 464 g/mol. The predicted octanol–water partition coefficient (Wildman–Crippen LogP) is 8.10. The standard InChI is InChI=1S/C35H36N2O/c1-25-6-5-9-33(25)28-13-15-29(16-14-28)35(34(38)23-12-26-7-3-2-4-8-26)30-17-21-32(22-18-30)37-31-19-10-27(24-36)11-20-31/h2-11,13-16,19-20,25,30,32,35,37H,12,17-18,21-23H2,1H3/t25?,30?,32?,35-/m1/s1. The number of hydrogen-bond acceptors (Lipinski definition) is 3. The van der Waals surface area contributed by atoms with Gasteiger partial charge in [-0.3, -0.25) is 4.79 Å². The number of nitriles is 1. The van der Waals surface area contributed by atoms with Gasteiger partial charge < -0.3 is 5.32 Å². The van der Waals surface area contributed by atoms with Crippen LogP contribution in [-0.2, 0) is 11.2 Å². The minimum absolute atomic E-state index is 0.0586. The average molecular weight is 501 g/mol. The second kappa shape index (κ2) is 12.1. The van der Waals surface area contributed by atoms with Crippen LogP contribution in [0.2, 0.25) is 0 Å². The zero-order valence-corrected chi connectivity index (χ0v) is 22.1. The van der Waals surface area contributed by atoms with Crippen LogP contribution in [0.1, 0.15) is 67.2 Å². The normalized spacial score (nSPS) is 21.4. The lowest BCUT2D eigenvalue weighted by atomic mass is 9.72. The lowest BCUT2D eigenvalue weighted by Gasteiger charge is -2.34. The molecule has 1 saturated carbocycles. The number of benzene rings is 3. The Hall–Kier alpha value is -3.90. The van der Waals surface area contributed by atoms with E-state index in [1.54, 1.807) is 0 Å². The van der Waals surface area contributed by atoms with Gasteiger partial charge >= 0.3 is 0 Å². The van der Waals surface area contributed by atoms with Crippen molar-refractivity contribution in [3.8, 4) is 6.07 Å². The SMILES string of the molecule is CC1C=CC=C1c1ccc([C@@H](C(=O)CCc2ccccc2)C2CCC(Nc3ccc(C#N)cc3)CC2)cc1. The maximum absolute atomic E-state index is 13.8. The van der Waals surface area contributed by atoms with Crippen molar-refractivity contribution in [3.05, 3.63) is 119 Å². The third kappa shape index (κ3) is 6.14. The molecule has 0 spiro atoms. The van der Waals surface area contributed by atoms with Gasteiger partial charge in [-0.05, 0) is 90.5 Å². The summed E-state index contributed by atoms with van der Waals surface area (Å²) in [4.78, 5) is 13.8. The molecule has 0 radical (unpaired) electrons. The molecule has 2 aliphatic rings. The van der Waals surface area contributed by atoms with Crippen LogP contribution < -0.4 is 5.32 Å². The monoisotopic (exact) mass is 500 g/mol. The minimum atomic E-state index is -0.0586. The summed E-state index contributed by atoms with van der Waals surface area (Å²) < 4.78 is 0. The van der Waals surface area contributed by atoms with Gasteiger partial charge in [0.1, 0.15) is 5.78 Å². The van der Waals surface area contributed by atoms with E-state index in [0.29, 0.717) is 35.6 Å². The molecular formula is C35H36N2O. The van der Waals surface area contributed by atoms with Gasteiger partial charge in [-0.25, -0.2) is 0 Å². The molecule has 3 nitrogen and oxygen atoms in total. The van der Waals surface area contributed by atoms with Gasteiger partial charge in [-0.15, -0.1) is 0 Å². The number of Topliss-reactive ketones (excluding diaryl/α,β-unsaturated/α-hetero) is 1. The molecule has 1 N–H and O–H groups in total. The third-order valence-electron chi connectivity index (χ3n) is 8.25. The van der Waals surface area contributed by atoms with E-state index < -0.39 is 0 Å². The highest BCUT2D eigenvalue weighted by Gasteiger charge is 2.33. The molecule has 0 heterocycles. The highest BCUT2D eigenvalue weighted by atomic mass is 16.1. The van der Waals surface area contributed by atoms with Crippen LogP contribution in [0.4, 0.5) is 5.69 Å². The molecule has 0 saturated heterocycles. The number of hydrogen-bond donors (Lipinski definition) is 1. The first-order valence-electron chi connectivity index (χ1n) is 13.9. The lowest BCUT2D eigenvalue weighted by molar-refractivity contribution is -0.122. The summed E-state index contributed by atoms with van der Waals surface area (Å²) >= 11 is 0. The van der Waals surface area contributed by atoms with Crippen molar-refractivity contribution in [2.45, 2.75) is 57.4 Å². The fourth-order valence-corrected chi connectivity index (χ4v) is 6.09. The number of anilines is 1. The summed E-state index contributed by atoms with van der Waals surface area (Å²) in [5, 5.41) is 12.7. The number of aryl methyl sites for hydroxylation is 1. The summed E-state index contributed by atoms with van der Waals surface area (Å²) in [6.45, 7) is 2.23. The molecule has 1 unspecified atom stereocenters. The largest absolute Gasteiger partial charge is 0.382 e. The Morgan fingerprint density at radius 2 is 1.66 bits per heavy atom. The number of allylic oxidation sites excluding steroid dienone is 4. The topological polar surface area (TPSA) is 52.9 Å². The summed E-state index contributed by atoms with van der Waals surface area (Å²) in [6.07, 6.45) is 12.1. The Balaban J connectivity index is 1.29. The molecule has 5 rings (SSSR count). The van der Waals surface area contributed by atoms with E-state index in [1.165, 1.54) is 16.7 Å². The number of ketones is 1. The van der Waals surface area contributed by atoms with Crippen molar-refractivity contribution in [3.63, 3.8) is 0 Å². The number of carbonyl (C=O) groups is 1. The van der Waals surface area contributed by atoms with E-state index in [4.69, 9.17) is 5.26 Å². The third-order valence-corrected chi connectivity index (χ3v) is 8.25. The van der Waals surface area contributed by atoms with Crippen molar-refractivity contribution in [2.24, 2.45) is 11.8 Å². The smallest absolute Gasteiger partial charge is 0.140 e. The van der Waals surface area contributed by atoms with E-state index in [-0.39, 0.29) is 5.92 Å². The van der Waals surface area contributed by atoms with Crippen LogP contribution in [0.3, 0.4) is 0 Å². The quantitative estimate of drug-likeness (QED) is 0.323. The molecule has 192 valence electrons. The molecule has 38 heavy (non-hydrogen) atoms. The first-order valence-corrected chi connectivity index (χ1v) is 13.9. The van der Waals surface area contributed by atoms with Crippen LogP contribution in [0.25, 0.3) is 5.57 Å². The Labute approximate surface area is 226 Å². The van der Waals surface area contributed by atoms with Crippen LogP contribution in [0, 0.1) is 23.2 Å². The molecule has 2 atom stereocenters. The lowest BCUT2D eigenvalue weighted by Crippen LogP contribution is -2.31. The number of rotatable bonds is 9. The average Bonchev–Trinajstić information content (AvgIpc) is 3.40. The maximum Gasteiger partial charge on any atom is 0.140 e. The number of nitrogens with one attached hydrogen (secondary N) is 1. The van der Waals surface area contributed by atoms with Crippen LogP contribution >= 0.6 is 0 Å². The molecule has 3 aromatic rings. The van der Waals surface area contributed by atoms with Crippen molar-refractivity contribution in [1.29, 1.82) is 5.26 Å². The van der Waals surface area contributed by atoms with Crippen LogP contribution in [0.15, 0.2) is 97.1 Å². The number of nitrogens with zero attached hydrogens (tertiary/aromatic N) is 1. The first-order chi connectivity index (χ1) is 18.6. The van der Waals surface area contributed by atoms with Crippen molar-refractivity contribution < 1.29 is 4.79 Å². The van der Waals surface area contributed by atoms with Gasteiger partial charge in [0, 0.05) is 24.1 Å². The maximum atomic E-state index is 13.8. The predicted molar refractivity (Wildman–Crippen MR) is 156 cm³/mol. The molecule has 1 fully saturated rings. The van der Waals surface area contributed by atoms with E-state index in [1.807, 2.05) is 42.5 Å². The minimum Gasteiger partial charge on any atom is -0.382 e. The molecule has 0 aromatic heterocycles. The Bertz CT molecular complexity index is 1320. The van der Waals surface area contributed by atoms with Crippen molar-refractivity contribution in [1.82, 2.24) is 0 Å². The van der Waals surface area contributed by atoms with Gasteiger partial charge in [0.25, 0.3) is 0 Å². The van der Waals surface area contributed by atoms with Gasteiger partial charge in [0.2, 0.25) is 0 Å². The molecule has 0 amide bonds. The highest BCUT2D eigenvalue weighted by Crippen LogP contribution is 2.39. The Kier molecular flexibility index (Phi) is 8.19. The van der Waals surface area contributed by atoms with Crippen molar-refractivity contribution >= 4 is 17.0 Å². The fraction of sp³-hybridized carbons (Fsp3) is 0.314. The summed E-state index contributed by atoms with van der Waals surface area (Å²) in [5.41, 5.74) is 6.71.